The van der Waals surface area contributed by atoms with Gasteiger partial charge in [0.2, 0.25) is 5.91 Å². The zero-order valence-electron chi connectivity index (χ0n) is 17.0. The Balaban J connectivity index is 1.51. The van der Waals surface area contributed by atoms with E-state index in [0.717, 1.165) is 38.8 Å². The van der Waals surface area contributed by atoms with Gasteiger partial charge in [-0.15, -0.1) is 0 Å². The second-order valence-electron chi connectivity index (χ2n) is 7.71. The van der Waals surface area contributed by atoms with Gasteiger partial charge in [-0.1, -0.05) is 19.3 Å². The first-order valence-corrected chi connectivity index (χ1v) is 10.5. The first-order valence-electron chi connectivity index (χ1n) is 10.5. The summed E-state index contributed by atoms with van der Waals surface area (Å²) in [5, 5.41) is 3.10. The summed E-state index contributed by atoms with van der Waals surface area (Å²) in [4.78, 5) is 27.3. The number of piperidine rings is 1. The summed E-state index contributed by atoms with van der Waals surface area (Å²) in [5.41, 5.74) is 0.556. The third-order valence-corrected chi connectivity index (χ3v) is 5.82. The maximum atomic E-state index is 12.7. The van der Waals surface area contributed by atoms with Crippen molar-refractivity contribution in [2.24, 2.45) is 5.92 Å². The lowest BCUT2D eigenvalue weighted by molar-refractivity contribution is -0.137. The fourth-order valence-corrected chi connectivity index (χ4v) is 4.20. The van der Waals surface area contributed by atoms with Crippen LogP contribution in [0.5, 0.6) is 11.5 Å². The van der Waals surface area contributed by atoms with Gasteiger partial charge in [-0.2, -0.15) is 0 Å². The van der Waals surface area contributed by atoms with Crippen LogP contribution >= 0.6 is 0 Å². The number of hydrogen-bond acceptors (Lipinski definition) is 4. The van der Waals surface area contributed by atoms with E-state index in [1.54, 1.807) is 25.3 Å². The van der Waals surface area contributed by atoms with E-state index >= 15 is 0 Å². The molecule has 6 nitrogen and oxygen atoms in total. The summed E-state index contributed by atoms with van der Waals surface area (Å²) < 4.78 is 10.8. The van der Waals surface area contributed by atoms with E-state index in [1.807, 2.05) is 11.8 Å². The van der Waals surface area contributed by atoms with Gasteiger partial charge in [0.1, 0.15) is 0 Å². The van der Waals surface area contributed by atoms with Crippen molar-refractivity contribution in [2.75, 3.05) is 26.8 Å². The Hall–Kier alpha value is -2.24. The van der Waals surface area contributed by atoms with E-state index < -0.39 is 0 Å². The molecule has 3 rings (SSSR count). The molecule has 0 radical (unpaired) electrons. The Morgan fingerprint density at radius 1 is 1.07 bits per heavy atom. The first-order chi connectivity index (χ1) is 13.6. The number of rotatable bonds is 6. The molecule has 1 saturated heterocycles. The minimum absolute atomic E-state index is 0.0977. The number of nitrogens with one attached hydrogen (secondary N) is 1. The zero-order valence-corrected chi connectivity index (χ0v) is 17.0. The largest absolute Gasteiger partial charge is 0.493 e. The summed E-state index contributed by atoms with van der Waals surface area (Å²) >= 11 is 0. The van der Waals surface area contributed by atoms with Crippen molar-refractivity contribution in [3.05, 3.63) is 23.8 Å². The molecule has 1 aliphatic carbocycles. The van der Waals surface area contributed by atoms with Crippen LogP contribution in [-0.4, -0.2) is 49.6 Å². The molecular formula is C22H32N2O4. The first kappa shape index (κ1) is 20.5. The molecule has 0 spiro atoms. The molecule has 1 N–H and O–H groups in total. The summed E-state index contributed by atoms with van der Waals surface area (Å²) in [6.07, 6.45) is 7.29. The second kappa shape index (κ2) is 9.80. The SMILES string of the molecule is CCOc1ccc(C(=O)NC2CCN(C(=O)C3CCCCC3)CC2)cc1OC. The van der Waals surface area contributed by atoms with Crippen LogP contribution in [0.4, 0.5) is 0 Å². The Morgan fingerprint density at radius 2 is 1.79 bits per heavy atom. The standard InChI is InChI=1S/C22H32N2O4/c1-3-28-19-10-9-17(15-20(19)27-2)21(25)23-18-11-13-24(14-12-18)22(26)16-7-5-4-6-8-16/h9-10,15-16,18H,3-8,11-14H2,1-2H3,(H,23,25). The predicted octanol–water partition coefficient (Wildman–Crippen LogP) is 3.40. The van der Waals surface area contributed by atoms with Gasteiger partial charge in [-0.3, -0.25) is 9.59 Å². The van der Waals surface area contributed by atoms with Crippen LogP contribution in [0.3, 0.4) is 0 Å². The minimum Gasteiger partial charge on any atom is -0.493 e. The molecule has 1 saturated carbocycles. The number of methoxy groups -OCH3 is 1. The molecule has 1 heterocycles. The number of likely N-dealkylation sites (tertiary alicyclic amines) is 1. The molecule has 2 fully saturated rings. The normalized spacial score (nSPS) is 18.6. The van der Waals surface area contributed by atoms with Crippen LogP contribution < -0.4 is 14.8 Å². The number of nitrogens with zero attached hydrogens (tertiary/aromatic N) is 1. The van der Waals surface area contributed by atoms with E-state index in [-0.39, 0.29) is 17.9 Å². The topological polar surface area (TPSA) is 67.9 Å². The molecule has 154 valence electrons. The van der Waals surface area contributed by atoms with Crippen molar-refractivity contribution in [1.29, 1.82) is 0 Å². The molecule has 1 aliphatic heterocycles. The lowest BCUT2D eigenvalue weighted by Gasteiger charge is -2.35. The summed E-state index contributed by atoms with van der Waals surface area (Å²) in [6.45, 7) is 3.91. The molecule has 0 bridgehead atoms. The fraction of sp³-hybridized carbons (Fsp3) is 0.636. The number of hydrogen-bond donors (Lipinski definition) is 1. The molecule has 2 aliphatic rings. The molecular weight excluding hydrogens is 356 g/mol. The van der Waals surface area contributed by atoms with Gasteiger partial charge in [0.15, 0.2) is 11.5 Å². The Bertz CT molecular complexity index is 677. The summed E-state index contributed by atoms with van der Waals surface area (Å²) in [7, 11) is 1.57. The van der Waals surface area contributed by atoms with Crippen molar-refractivity contribution in [3.8, 4) is 11.5 Å². The molecule has 1 aromatic carbocycles. The van der Waals surface area contributed by atoms with E-state index in [4.69, 9.17) is 9.47 Å². The Kier molecular flexibility index (Phi) is 7.18. The van der Waals surface area contributed by atoms with Crippen molar-refractivity contribution >= 4 is 11.8 Å². The summed E-state index contributed by atoms with van der Waals surface area (Å²) in [6, 6.07) is 5.33. The predicted molar refractivity (Wildman–Crippen MR) is 108 cm³/mol. The molecule has 2 amide bonds. The monoisotopic (exact) mass is 388 g/mol. The second-order valence-corrected chi connectivity index (χ2v) is 7.71. The van der Waals surface area contributed by atoms with E-state index in [9.17, 15) is 9.59 Å². The maximum Gasteiger partial charge on any atom is 0.251 e. The Morgan fingerprint density at radius 3 is 2.43 bits per heavy atom. The number of carbonyl (C=O) groups is 2. The molecule has 0 unspecified atom stereocenters. The van der Waals surface area contributed by atoms with Gasteiger partial charge in [0, 0.05) is 30.6 Å². The van der Waals surface area contributed by atoms with Gasteiger partial charge in [0.05, 0.1) is 13.7 Å². The van der Waals surface area contributed by atoms with Crippen LogP contribution in [0.25, 0.3) is 0 Å². The van der Waals surface area contributed by atoms with Gasteiger partial charge in [-0.05, 0) is 50.8 Å². The van der Waals surface area contributed by atoms with E-state index in [2.05, 4.69) is 5.32 Å². The summed E-state index contributed by atoms with van der Waals surface area (Å²) in [5.74, 6) is 1.62. The zero-order chi connectivity index (χ0) is 19.9. The van der Waals surface area contributed by atoms with Crippen molar-refractivity contribution in [3.63, 3.8) is 0 Å². The van der Waals surface area contributed by atoms with Crippen LogP contribution in [-0.2, 0) is 4.79 Å². The van der Waals surface area contributed by atoms with Crippen molar-refractivity contribution in [1.82, 2.24) is 10.2 Å². The highest BCUT2D eigenvalue weighted by molar-refractivity contribution is 5.95. The maximum absolute atomic E-state index is 12.7. The molecule has 6 heteroatoms. The molecule has 0 atom stereocenters. The molecule has 28 heavy (non-hydrogen) atoms. The molecule has 1 aromatic rings. The van der Waals surface area contributed by atoms with E-state index in [0.29, 0.717) is 29.6 Å². The third-order valence-electron chi connectivity index (χ3n) is 5.82. The average Bonchev–Trinajstić information content (AvgIpc) is 2.75. The van der Waals surface area contributed by atoms with Crippen LogP contribution in [0.1, 0.15) is 62.2 Å². The van der Waals surface area contributed by atoms with E-state index in [1.165, 1.54) is 19.3 Å². The van der Waals surface area contributed by atoms with Gasteiger partial charge < -0.3 is 19.7 Å². The lowest BCUT2D eigenvalue weighted by atomic mass is 9.87. The van der Waals surface area contributed by atoms with Crippen LogP contribution in [0.15, 0.2) is 18.2 Å². The van der Waals surface area contributed by atoms with Gasteiger partial charge in [-0.25, -0.2) is 0 Å². The molecule has 0 aromatic heterocycles. The number of carbonyl (C=O) groups excluding carboxylic acids is 2. The lowest BCUT2D eigenvalue weighted by Crippen LogP contribution is -2.48. The minimum atomic E-state index is -0.113. The average molecular weight is 389 g/mol. The number of amides is 2. The van der Waals surface area contributed by atoms with Gasteiger partial charge >= 0.3 is 0 Å². The fourth-order valence-electron chi connectivity index (χ4n) is 4.20. The van der Waals surface area contributed by atoms with Crippen molar-refractivity contribution in [2.45, 2.75) is 57.9 Å². The number of benzene rings is 1. The highest BCUT2D eigenvalue weighted by Gasteiger charge is 2.29. The highest BCUT2D eigenvalue weighted by atomic mass is 16.5. The quantitative estimate of drug-likeness (QED) is 0.811. The van der Waals surface area contributed by atoms with Crippen molar-refractivity contribution < 1.29 is 19.1 Å². The van der Waals surface area contributed by atoms with Crippen LogP contribution in [0.2, 0.25) is 0 Å². The smallest absolute Gasteiger partial charge is 0.251 e. The number of ether oxygens (including phenoxy) is 2. The third kappa shape index (κ3) is 4.97. The highest BCUT2D eigenvalue weighted by Crippen LogP contribution is 2.29. The van der Waals surface area contributed by atoms with Gasteiger partial charge in [0.25, 0.3) is 5.91 Å². The Labute approximate surface area is 167 Å². The van der Waals surface area contributed by atoms with Crippen LogP contribution in [0, 0.1) is 5.92 Å².